The van der Waals surface area contributed by atoms with E-state index in [4.69, 9.17) is 4.74 Å². The lowest BCUT2D eigenvalue weighted by Gasteiger charge is -2.42. The molecular formula is C16H23NO. The van der Waals surface area contributed by atoms with Gasteiger partial charge in [-0.3, -0.25) is 4.90 Å². The fourth-order valence-electron chi connectivity index (χ4n) is 3.51. The SMILES string of the molecule is C[C@@H]1CN([C@H]2CCc3ccccc3C2)C[C@H](C)O1. The molecule has 98 valence electrons. The molecule has 3 rings (SSSR count). The van der Waals surface area contributed by atoms with Crippen LogP contribution in [0, 0.1) is 0 Å². The predicted molar refractivity (Wildman–Crippen MR) is 73.8 cm³/mol. The van der Waals surface area contributed by atoms with Crippen LogP contribution in [-0.4, -0.2) is 36.2 Å². The molecular weight excluding hydrogens is 222 g/mol. The van der Waals surface area contributed by atoms with Gasteiger partial charge in [0.05, 0.1) is 12.2 Å². The lowest BCUT2D eigenvalue weighted by Crippen LogP contribution is -2.51. The Morgan fingerprint density at radius 1 is 1.06 bits per heavy atom. The van der Waals surface area contributed by atoms with E-state index >= 15 is 0 Å². The number of aryl methyl sites for hydroxylation is 1. The predicted octanol–water partition coefficient (Wildman–Crippen LogP) is 2.65. The molecule has 0 bridgehead atoms. The average molecular weight is 245 g/mol. The summed E-state index contributed by atoms with van der Waals surface area (Å²) in [6, 6.07) is 9.64. The number of morpholine rings is 1. The molecule has 3 atom stereocenters. The topological polar surface area (TPSA) is 12.5 Å². The third kappa shape index (κ3) is 2.45. The molecule has 1 aliphatic carbocycles. The van der Waals surface area contributed by atoms with Crippen molar-refractivity contribution in [3.8, 4) is 0 Å². The lowest BCUT2D eigenvalue weighted by atomic mass is 9.87. The maximum atomic E-state index is 5.83. The fourth-order valence-corrected chi connectivity index (χ4v) is 3.51. The average Bonchev–Trinajstić information content (AvgIpc) is 2.37. The van der Waals surface area contributed by atoms with Crippen molar-refractivity contribution in [1.29, 1.82) is 0 Å². The third-order valence-electron chi connectivity index (χ3n) is 4.29. The minimum atomic E-state index is 0.380. The molecule has 0 radical (unpaired) electrons. The molecule has 0 spiro atoms. The van der Waals surface area contributed by atoms with Crippen molar-refractivity contribution in [2.45, 2.75) is 51.4 Å². The highest BCUT2D eigenvalue weighted by molar-refractivity contribution is 5.30. The first-order valence-electron chi connectivity index (χ1n) is 7.18. The molecule has 0 N–H and O–H groups in total. The van der Waals surface area contributed by atoms with Crippen LogP contribution in [0.5, 0.6) is 0 Å². The number of rotatable bonds is 1. The van der Waals surface area contributed by atoms with Crippen LogP contribution in [0.25, 0.3) is 0 Å². The summed E-state index contributed by atoms with van der Waals surface area (Å²) in [4.78, 5) is 2.65. The maximum absolute atomic E-state index is 5.83. The highest BCUT2D eigenvalue weighted by Gasteiger charge is 2.29. The normalized spacial score (nSPS) is 33.1. The zero-order chi connectivity index (χ0) is 12.5. The summed E-state index contributed by atoms with van der Waals surface area (Å²) in [5.74, 6) is 0. The zero-order valence-corrected chi connectivity index (χ0v) is 11.4. The molecule has 2 aliphatic rings. The van der Waals surface area contributed by atoms with Gasteiger partial charge in [0.1, 0.15) is 0 Å². The van der Waals surface area contributed by atoms with Gasteiger partial charge in [-0.2, -0.15) is 0 Å². The summed E-state index contributed by atoms with van der Waals surface area (Å²) >= 11 is 0. The van der Waals surface area contributed by atoms with E-state index in [1.165, 1.54) is 19.3 Å². The van der Waals surface area contributed by atoms with Crippen LogP contribution >= 0.6 is 0 Å². The van der Waals surface area contributed by atoms with Crippen molar-refractivity contribution in [2.75, 3.05) is 13.1 Å². The molecule has 0 aromatic heterocycles. The van der Waals surface area contributed by atoms with Gasteiger partial charge in [0.2, 0.25) is 0 Å². The van der Waals surface area contributed by atoms with Crippen molar-refractivity contribution < 1.29 is 4.74 Å². The molecule has 2 heteroatoms. The van der Waals surface area contributed by atoms with Gasteiger partial charge in [-0.1, -0.05) is 24.3 Å². The third-order valence-corrected chi connectivity index (χ3v) is 4.29. The highest BCUT2D eigenvalue weighted by atomic mass is 16.5. The van der Waals surface area contributed by atoms with Gasteiger partial charge >= 0.3 is 0 Å². The molecule has 0 amide bonds. The molecule has 1 aliphatic heterocycles. The van der Waals surface area contributed by atoms with Crippen LogP contribution < -0.4 is 0 Å². The second-order valence-electron chi connectivity index (χ2n) is 5.88. The van der Waals surface area contributed by atoms with Crippen molar-refractivity contribution in [3.63, 3.8) is 0 Å². The lowest BCUT2D eigenvalue weighted by molar-refractivity contribution is -0.0816. The summed E-state index contributed by atoms with van der Waals surface area (Å²) in [6.07, 6.45) is 4.52. The highest BCUT2D eigenvalue weighted by Crippen LogP contribution is 2.26. The zero-order valence-electron chi connectivity index (χ0n) is 11.4. The number of hydrogen-bond donors (Lipinski definition) is 0. The Bertz CT molecular complexity index is 407. The Hall–Kier alpha value is -0.860. The van der Waals surface area contributed by atoms with Crippen LogP contribution in [0.3, 0.4) is 0 Å². The maximum Gasteiger partial charge on any atom is 0.0678 e. The second-order valence-corrected chi connectivity index (χ2v) is 5.88. The molecule has 1 heterocycles. The first-order valence-corrected chi connectivity index (χ1v) is 7.18. The summed E-state index contributed by atoms with van der Waals surface area (Å²) < 4.78 is 5.83. The molecule has 1 aromatic carbocycles. The molecule has 1 fully saturated rings. The van der Waals surface area contributed by atoms with Gasteiger partial charge in [0.15, 0.2) is 0 Å². The van der Waals surface area contributed by atoms with Gasteiger partial charge in [-0.15, -0.1) is 0 Å². The van der Waals surface area contributed by atoms with Crippen molar-refractivity contribution in [2.24, 2.45) is 0 Å². The Balaban J connectivity index is 1.72. The number of hydrogen-bond acceptors (Lipinski definition) is 2. The molecule has 1 saturated heterocycles. The van der Waals surface area contributed by atoms with Gasteiger partial charge < -0.3 is 4.74 Å². The Morgan fingerprint density at radius 2 is 1.72 bits per heavy atom. The van der Waals surface area contributed by atoms with Gasteiger partial charge in [0.25, 0.3) is 0 Å². The largest absolute Gasteiger partial charge is 0.373 e. The number of fused-ring (bicyclic) bond motifs is 1. The van der Waals surface area contributed by atoms with E-state index in [1.807, 2.05) is 0 Å². The molecule has 1 aromatic rings. The molecule has 0 saturated carbocycles. The van der Waals surface area contributed by atoms with E-state index in [2.05, 4.69) is 43.0 Å². The van der Waals surface area contributed by atoms with E-state index in [9.17, 15) is 0 Å². The van der Waals surface area contributed by atoms with E-state index in [-0.39, 0.29) is 0 Å². The minimum Gasteiger partial charge on any atom is -0.373 e. The van der Waals surface area contributed by atoms with Crippen LogP contribution in [-0.2, 0) is 17.6 Å². The fraction of sp³-hybridized carbons (Fsp3) is 0.625. The van der Waals surface area contributed by atoms with Crippen molar-refractivity contribution in [1.82, 2.24) is 4.90 Å². The summed E-state index contributed by atoms with van der Waals surface area (Å²) in [5.41, 5.74) is 3.11. The monoisotopic (exact) mass is 245 g/mol. The van der Waals surface area contributed by atoms with E-state index < -0.39 is 0 Å². The number of ether oxygens (including phenoxy) is 1. The van der Waals surface area contributed by atoms with Gasteiger partial charge in [-0.05, 0) is 44.2 Å². The smallest absolute Gasteiger partial charge is 0.0678 e. The summed E-state index contributed by atoms with van der Waals surface area (Å²) in [6.45, 7) is 6.58. The molecule has 2 nitrogen and oxygen atoms in total. The Morgan fingerprint density at radius 3 is 2.44 bits per heavy atom. The van der Waals surface area contributed by atoms with E-state index in [1.54, 1.807) is 11.1 Å². The van der Waals surface area contributed by atoms with Gasteiger partial charge in [0, 0.05) is 19.1 Å². The van der Waals surface area contributed by atoms with E-state index in [0.29, 0.717) is 18.2 Å². The van der Waals surface area contributed by atoms with Crippen LogP contribution in [0.4, 0.5) is 0 Å². The Labute approximate surface area is 110 Å². The first kappa shape index (κ1) is 12.2. The molecule has 0 unspecified atom stereocenters. The minimum absolute atomic E-state index is 0.380. The first-order chi connectivity index (χ1) is 8.72. The van der Waals surface area contributed by atoms with Gasteiger partial charge in [-0.25, -0.2) is 0 Å². The summed E-state index contributed by atoms with van der Waals surface area (Å²) in [7, 11) is 0. The Kier molecular flexibility index (Phi) is 3.40. The van der Waals surface area contributed by atoms with E-state index in [0.717, 1.165) is 13.1 Å². The quantitative estimate of drug-likeness (QED) is 0.754. The summed E-state index contributed by atoms with van der Waals surface area (Å²) in [5, 5.41) is 0. The standard InChI is InChI=1S/C16H23NO/c1-12-10-17(11-13(2)18-12)16-8-7-14-5-3-4-6-15(14)9-16/h3-6,12-13,16H,7-11H2,1-2H3/t12-,13+,16-/m0/s1. The number of benzene rings is 1. The van der Waals surface area contributed by atoms with Crippen LogP contribution in [0.2, 0.25) is 0 Å². The van der Waals surface area contributed by atoms with Crippen molar-refractivity contribution in [3.05, 3.63) is 35.4 Å². The number of nitrogens with zero attached hydrogens (tertiary/aromatic N) is 1. The van der Waals surface area contributed by atoms with Crippen molar-refractivity contribution >= 4 is 0 Å². The second kappa shape index (κ2) is 5.02. The van der Waals surface area contributed by atoms with Crippen LogP contribution in [0.15, 0.2) is 24.3 Å². The molecule has 18 heavy (non-hydrogen) atoms. The van der Waals surface area contributed by atoms with Crippen LogP contribution in [0.1, 0.15) is 31.4 Å².